The Morgan fingerprint density at radius 2 is 1.73 bits per heavy atom. The third-order valence-corrected chi connectivity index (χ3v) is 4.95. The topological polar surface area (TPSA) is 3.24 Å². The Morgan fingerprint density at radius 1 is 1.00 bits per heavy atom. The normalized spacial score (nSPS) is 17.9. The molecule has 1 aromatic carbocycles. The van der Waals surface area contributed by atoms with Crippen molar-refractivity contribution in [3.05, 3.63) is 30.3 Å². The molecule has 0 atom stereocenters. The van der Waals surface area contributed by atoms with Gasteiger partial charge in [-0.2, -0.15) is 0 Å². The van der Waals surface area contributed by atoms with Gasteiger partial charge in [0.1, 0.15) is 0 Å². The zero-order chi connectivity index (χ0) is 10.3. The number of benzene rings is 1. The summed E-state index contributed by atoms with van der Waals surface area (Å²) in [5.41, 5.74) is 0. The van der Waals surface area contributed by atoms with E-state index in [4.69, 9.17) is 0 Å². The second-order valence-corrected chi connectivity index (χ2v) is 6.52. The molecule has 0 N–H and O–H groups in total. The molecule has 1 heterocycles. The third kappa shape index (κ3) is 3.98. The summed E-state index contributed by atoms with van der Waals surface area (Å²) in [4.78, 5) is 2.63. The van der Waals surface area contributed by atoms with E-state index in [2.05, 4.69) is 35.2 Å². The van der Waals surface area contributed by atoms with E-state index in [1.807, 2.05) is 0 Å². The van der Waals surface area contributed by atoms with Crippen LogP contribution >= 0.6 is 0 Å². The summed E-state index contributed by atoms with van der Waals surface area (Å²) >= 11 is 0.679. The molecule has 15 heavy (non-hydrogen) atoms. The first-order valence-electron chi connectivity index (χ1n) is 5.85. The fourth-order valence-electron chi connectivity index (χ4n) is 1.99. The van der Waals surface area contributed by atoms with Crippen LogP contribution in [0.3, 0.4) is 0 Å². The average molecular weight is 268 g/mol. The predicted octanol–water partition coefficient (Wildman–Crippen LogP) is 1.92. The molecule has 1 aromatic rings. The molecule has 0 unspecified atom stereocenters. The van der Waals surface area contributed by atoms with Crippen molar-refractivity contribution in [1.82, 2.24) is 4.90 Å². The molecule has 0 radical (unpaired) electrons. The molecule has 1 nitrogen and oxygen atoms in total. The average Bonchev–Trinajstić information content (AvgIpc) is 2.32. The van der Waals surface area contributed by atoms with Gasteiger partial charge in [-0.05, 0) is 0 Å². The Kier molecular flexibility index (Phi) is 4.71. The van der Waals surface area contributed by atoms with Crippen LogP contribution in [0.2, 0.25) is 5.32 Å². The number of likely N-dealkylation sites (tertiary alicyclic amines) is 1. The number of piperidine rings is 1. The molecule has 0 spiro atoms. The van der Waals surface area contributed by atoms with E-state index in [-0.39, 0.29) is 0 Å². The summed E-state index contributed by atoms with van der Waals surface area (Å²) < 4.78 is 1.54. The van der Waals surface area contributed by atoms with E-state index in [1.54, 1.807) is 4.46 Å². The van der Waals surface area contributed by atoms with Crippen LogP contribution in [0.15, 0.2) is 30.3 Å². The molecule has 1 aliphatic heterocycles. The number of rotatable bonds is 4. The molecule has 1 aliphatic rings. The maximum atomic E-state index is 2.63. The van der Waals surface area contributed by atoms with Gasteiger partial charge in [0.25, 0.3) is 0 Å². The van der Waals surface area contributed by atoms with E-state index in [9.17, 15) is 0 Å². The van der Waals surface area contributed by atoms with Gasteiger partial charge in [-0.1, -0.05) is 0 Å². The molecule has 0 saturated carbocycles. The molecule has 1 saturated heterocycles. The minimum absolute atomic E-state index is 0.679. The molecule has 82 valence electrons. The third-order valence-electron chi connectivity index (χ3n) is 2.87. The van der Waals surface area contributed by atoms with Crippen LogP contribution in [0.1, 0.15) is 19.3 Å². The number of nitrogens with zero attached hydrogens (tertiary/aromatic N) is 1. The van der Waals surface area contributed by atoms with Gasteiger partial charge in [0, 0.05) is 0 Å². The monoisotopic (exact) mass is 269 g/mol. The summed E-state index contributed by atoms with van der Waals surface area (Å²) in [6, 6.07) is 10.9. The van der Waals surface area contributed by atoms with Crippen molar-refractivity contribution in [2.45, 2.75) is 24.6 Å². The first-order valence-corrected chi connectivity index (χ1v) is 7.92. The van der Waals surface area contributed by atoms with Gasteiger partial charge >= 0.3 is 98.9 Å². The number of hydrogen-bond acceptors (Lipinski definition) is 1. The molecule has 0 aliphatic carbocycles. The standard InChI is InChI=1S/C13H19NSe/c1-3-7-13(8-4-1)15-12-11-14-9-5-2-6-10-14/h1,3-4,7-8H,2,5-6,9-12H2. The fourth-order valence-corrected chi connectivity index (χ4v) is 3.95. The van der Waals surface area contributed by atoms with E-state index in [0.717, 1.165) is 0 Å². The van der Waals surface area contributed by atoms with Crippen LogP contribution in [0.4, 0.5) is 0 Å². The fraction of sp³-hybridized carbons (Fsp3) is 0.538. The minimum atomic E-state index is 0.679. The molecule has 2 rings (SSSR count). The van der Waals surface area contributed by atoms with E-state index in [0.29, 0.717) is 15.0 Å². The Bertz CT molecular complexity index is 267. The predicted molar refractivity (Wildman–Crippen MR) is 66.9 cm³/mol. The van der Waals surface area contributed by atoms with Crippen LogP contribution in [-0.4, -0.2) is 39.5 Å². The van der Waals surface area contributed by atoms with Gasteiger partial charge in [-0.3, -0.25) is 0 Å². The number of hydrogen-bond donors (Lipinski definition) is 0. The van der Waals surface area contributed by atoms with Crippen LogP contribution in [0.5, 0.6) is 0 Å². The van der Waals surface area contributed by atoms with Crippen molar-refractivity contribution in [2.24, 2.45) is 0 Å². The van der Waals surface area contributed by atoms with Gasteiger partial charge in [-0.15, -0.1) is 0 Å². The van der Waals surface area contributed by atoms with Crippen molar-refractivity contribution >= 4 is 19.4 Å². The summed E-state index contributed by atoms with van der Waals surface area (Å²) in [7, 11) is 0. The van der Waals surface area contributed by atoms with E-state index in [1.165, 1.54) is 44.2 Å². The van der Waals surface area contributed by atoms with Gasteiger partial charge < -0.3 is 0 Å². The quantitative estimate of drug-likeness (QED) is 0.754. The Hall–Kier alpha value is -0.301. The van der Waals surface area contributed by atoms with Gasteiger partial charge in [0.05, 0.1) is 0 Å². The van der Waals surface area contributed by atoms with Gasteiger partial charge in [0.15, 0.2) is 0 Å². The molecular formula is C13H19NSe. The zero-order valence-corrected chi connectivity index (χ0v) is 10.9. The molecule has 0 bridgehead atoms. The Balaban J connectivity index is 1.66. The van der Waals surface area contributed by atoms with Gasteiger partial charge in [-0.25, -0.2) is 0 Å². The first kappa shape index (κ1) is 11.2. The first-order chi connectivity index (χ1) is 7.45. The maximum absolute atomic E-state index is 2.63. The summed E-state index contributed by atoms with van der Waals surface area (Å²) in [5, 5.41) is 1.37. The van der Waals surface area contributed by atoms with E-state index >= 15 is 0 Å². The molecule has 0 amide bonds. The van der Waals surface area contributed by atoms with Crippen LogP contribution in [-0.2, 0) is 0 Å². The van der Waals surface area contributed by atoms with Crippen molar-refractivity contribution in [3.63, 3.8) is 0 Å². The second kappa shape index (κ2) is 6.32. The Labute approximate surface area is 99.0 Å². The molecule has 2 heteroatoms. The van der Waals surface area contributed by atoms with Crippen LogP contribution in [0.25, 0.3) is 0 Å². The van der Waals surface area contributed by atoms with E-state index < -0.39 is 0 Å². The van der Waals surface area contributed by atoms with Crippen LogP contribution < -0.4 is 4.46 Å². The molecule has 0 aromatic heterocycles. The van der Waals surface area contributed by atoms with Crippen molar-refractivity contribution in [1.29, 1.82) is 0 Å². The summed E-state index contributed by atoms with van der Waals surface area (Å²) in [6.07, 6.45) is 4.27. The van der Waals surface area contributed by atoms with Crippen molar-refractivity contribution in [2.75, 3.05) is 19.6 Å². The van der Waals surface area contributed by atoms with Crippen molar-refractivity contribution in [3.8, 4) is 0 Å². The summed E-state index contributed by atoms with van der Waals surface area (Å²) in [6.45, 7) is 3.99. The zero-order valence-electron chi connectivity index (χ0n) is 9.19. The van der Waals surface area contributed by atoms with Crippen LogP contribution in [0, 0.1) is 0 Å². The van der Waals surface area contributed by atoms with Gasteiger partial charge in [0.2, 0.25) is 0 Å². The summed E-state index contributed by atoms with van der Waals surface area (Å²) in [5.74, 6) is 0. The molecule has 1 fully saturated rings. The Morgan fingerprint density at radius 3 is 2.47 bits per heavy atom. The molecular weight excluding hydrogens is 249 g/mol. The SMILES string of the molecule is c1ccc([Se]CCN2CCCCC2)cc1. The second-order valence-electron chi connectivity index (χ2n) is 4.06. The van der Waals surface area contributed by atoms with Crippen molar-refractivity contribution < 1.29 is 0 Å².